The van der Waals surface area contributed by atoms with E-state index < -0.39 is 5.82 Å². The molecule has 0 unspecified atom stereocenters. The molecule has 0 aromatic carbocycles. The number of halogens is 2. The molecule has 0 N–H and O–H groups in total. The van der Waals surface area contributed by atoms with E-state index in [-0.39, 0.29) is 10.7 Å². The van der Waals surface area contributed by atoms with E-state index in [4.69, 9.17) is 11.6 Å². The van der Waals surface area contributed by atoms with Gasteiger partial charge >= 0.3 is 0 Å². The molecule has 0 aliphatic rings. The van der Waals surface area contributed by atoms with Gasteiger partial charge in [-0.1, -0.05) is 17.5 Å². The van der Waals surface area contributed by atoms with E-state index in [1.54, 1.807) is 12.5 Å². The summed E-state index contributed by atoms with van der Waals surface area (Å²) in [7, 11) is 0. The van der Waals surface area contributed by atoms with Crippen molar-refractivity contribution in [3.05, 3.63) is 70.5 Å². The van der Waals surface area contributed by atoms with E-state index in [1.165, 1.54) is 12.3 Å². The van der Waals surface area contributed by atoms with Gasteiger partial charge in [0.05, 0.1) is 23.1 Å². The number of aromatic nitrogens is 4. The van der Waals surface area contributed by atoms with Gasteiger partial charge in [0.15, 0.2) is 11.0 Å². The van der Waals surface area contributed by atoms with Crippen LogP contribution in [0.3, 0.4) is 0 Å². The zero-order chi connectivity index (χ0) is 16.4. The van der Waals surface area contributed by atoms with Crippen LogP contribution in [0, 0.1) is 31.5 Å². The molecular weight excluding hydrogens is 315 g/mol. The number of rotatable bonds is 1. The van der Waals surface area contributed by atoms with Crippen molar-refractivity contribution in [1.29, 1.82) is 0 Å². The third-order valence-electron chi connectivity index (χ3n) is 3.34. The first-order chi connectivity index (χ1) is 11.1. The second-order valence-corrected chi connectivity index (χ2v) is 5.28. The van der Waals surface area contributed by atoms with Gasteiger partial charge in [0.25, 0.3) is 0 Å². The van der Waals surface area contributed by atoms with Crippen LogP contribution in [0.2, 0.25) is 5.15 Å². The Hall–Kier alpha value is -2.71. The topological polar surface area (TPSA) is 43.6 Å². The van der Waals surface area contributed by atoms with E-state index in [1.807, 2.05) is 30.5 Å². The van der Waals surface area contributed by atoms with Crippen LogP contribution < -0.4 is 0 Å². The van der Waals surface area contributed by atoms with Crippen LogP contribution in [-0.4, -0.2) is 19.5 Å². The summed E-state index contributed by atoms with van der Waals surface area (Å²) >= 11 is 5.64. The van der Waals surface area contributed by atoms with Gasteiger partial charge in [-0.05, 0) is 38.0 Å². The number of aryl methyl sites for hydroxylation is 1. The van der Waals surface area contributed by atoms with Crippen molar-refractivity contribution in [3.8, 4) is 17.5 Å². The second kappa shape index (κ2) is 6.19. The zero-order valence-corrected chi connectivity index (χ0v) is 13.3. The first kappa shape index (κ1) is 15.2. The van der Waals surface area contributed by atoms with Gasteiger partial charge in [-0.15, -0.1) is 0 Å². The molecule has 114 valence electrons. The Morgan fingerprint density at radius 3 is 2.65 bits per heavy atom. The summed E-state index contributed by atoms with van der Waals surface area (Å²) < 4.78 is 15.7. The molecule has 0 saturated carbocycles. The normalized spacial score (nSPS) is 10.3. The van der Waals surface area contributed by atoms with Gasteiger partial charge in [-0.25, -0.2) is 14.4 Å². The minimum Gasteiger partial charge on any atom is -0.301 e. The van der Waals surface area contributed by atoms with Crippen molar-refractivity contribution in [2.24, 2.45) is 0 Å². The van der Waals surface area contributed by atoms with Gasteiger partial charge in [-0.2, -0.15) is 0 Å². The fraction of sp³-hybridized carbons (Fsp3) is 0.118. The molecule has 3 aromatic heterocycles. The molecular formula is C17H12ClFN4. The summed E-state index contributed by atoms with van der Waals surface area (Å²) in [6, 6.07) is 5.36. The van der Waals surface area contributed by atoms with Crippen molar-refractivity contribution in [2.75, 3.05) is 0 Å². The second-order valence-electron chi connectivity index (χ2n) is 4.92. The van der Waals surface area contributed by atoms with Gasteiger partial charge in [0.2, 0.25) is 0 Å². The zero-order valence-electron chi connectivity index (χ0n) is 12.5. The molecule has 3 rings (SSSR count). The van der Waals surface area contributed by atoms with Crippen molar-refractivity contribution in [2.45, 2.75) is 13.8 Å². The molecule has 0 fully saturated rings. The van der Waals surface area contributed by atoms with Gasteiger partial charge in [0.1, 0.15) is 12.0 Å². The Kier molecular flexibility index (Phi) is 4.09. The van der Waals surface area contributed by atoms with Crippen molar-refractivity contribution in [3.63, 3.8) is 0 Å². The monoisotopic (exact) mass is 326 g/mol. The smallest absolute Gasteiger partial charge is 0.176 e. The van der Waals surface area contributed by atoms with Gasteiger partial charge < -0.3 is 4.57 Å². The van der Waals surface area contributed by atoms with Crippen molar-refractivity contribution >= 4 is 11.6 Å². The number of hydrogen-bond donors (Lipinski definition) is 0. The maximum Gasteiger partial charge on any atom is 0.176 e. The quantitative estimate of drug-likeness (QED) is 0.508. The Morgan fingerprint density at radius 1 is 1.09 bits per heavy atom. The third-order valence-corrected chi connectivity index (χ3v) is 3.61. The maximum atomic E-state index is 13.8. The lowest BCUT2D eigenvalue weighted by atomic mass is 10.2. The highest BCUT2D eigenvalue weighted by Gasteiger charge is 2.08. The van der Waals surface area contributed by atoms with Crippen LogP contribution >= 0.6 is 11.6 Å². The minimum absolute atomic E-state index is 0.190. The molecule has 0 aliphatic carbocycles. The summed E-state index contributed by atoms with van der Waals surface area (Å²) in [4.78, 5) is 12.2. The predicted molar refractivity (Wildman–Crippen MR) is 86.0 cm³/mol. The Morgan fingerprint density at radius 2 is 1.91 bits per heavy atom. The van der Waals surface area contributed by atoms with Crippen LogP contribution in [-0.2, 0) is 0 Å². The molecule has 4 nitrogen and oxygen atoms in total. The summed E-state index contributed by atoms with van der Waals surface area (Å²) in [6.07, 6.45) is 4.85. The summed E-state index contributed by atoms with van der Waals surface area (Å²) in [5, 5.41) is -0.190. The van der Waals surface area contributed by atoms with Crippen LogP contribution in [0.15, 0.2) is 36.9 Å². The van der Waals surface area contributed by atoms with Crippen LogP contribution in [0.4, 0.5) is 4.39 Å². The molecule has 0 saturated heterocycles. The molecule has 0 bridgehead atoms. The number of imidazole rings is 1. The largest absolute Gasteiger partial charge is 0.301 e. The summed E-state index contributed by atoms with van der Waals surface area (Å²) in [5.74, 6) is 4.99. The molecule has 6 heteroatoms. The lowest BCUT2D eigenvalue weighted by Gasteiger charge is -2.04. The highest BCUT2D eigenvalue weighted by Crippen LogP contribution is 2.15. The average molecular weight is 327 g/mol. The highest BCUT2D eigenvalue weighted by molar-refractivity contribution is 6.29. The Balaban J connectivity index is 1.96. The first-order valence-corrected chi connectivity index (χ1v) is 7.23. The van der Waals surface area contributed by atoms with Gasteiger partial charge in [-0.3, -0.25) is 4.98 Å². The Bertz CT molecular complexity index is 920. The molecule has 3 heterocycles. The minimum atomic E-state index is -0.624. The standard InChI is InChI=1S/C17H12ClFN4/c1-11-3-5-14(9-21-11)23-10-22-15(12(23)2)6-4-13-7-8-20-17(18)16(13)19/h3,5,7-10H,1-2H3. The van der Waals surface area contributed by atoms with Crippen LogP contribution in [0.1, 0.15) is 22.6 Å². The summed E-state index contributed by atoms with van der Waals surface area (Å²) in [5.41, 5.74) is 3.45. The van der Waals surface area contributed by atoms with E-state index >= 15 is 0 Å². The average Bonchev–Trinajstić information content (AvgIpc) is 2.91. The Labute approximate surface area is 138 Å². The van der Waals surface area contributed by atoms with Crippen LogP contribution in [0.25, 0.3) is 5.69 Å². The molecule has 0 radical (unpaired) electrons. The van der Waals surface area contributed by atoms with E-state index in [0.717, 1.165) is 17.1 Å². The number of pyridine rings is 2. The van der Waals surface area contributed by atoms with E-state index in [9.17, 15) is 4.39 Å². The lowest BCUT2D eigenvalue weighted by molar-refractivity contribution is 0.618. The number of nitrogens with zero attached hydrogens (tertiary/aromatic N) is 4. The number of hydrogen-bond acceptors (Lipinski definition) is 3. The molecule has 0 amide bonds. The fourth-order valence-electron chi connectivity index (χ4n) is 2.04. The molecule has 23 heavy (non-hydrogen) atoms. The first-order valence-electron chi connectivity index (χ1n) is 6.85. The van der Waals surface area contributed by atoms with E-state index in [2.05, 4.69) is 26.8 Å². The lowest BCUT2D eigenvalue weighted by Crippen LogP contribution is -1.96. The van der Waals surface area contributed by atoms with Crippen molar-refractivity contribution < 1.29 is 4.39 Å². The van der Waals surface area contributed by atoms with Crippen molar-refractivity contribution in [1.82, 2.24) is 19.5 Å². The maximum absolute atomic E-state index is 13.8. The SMILES string of the molecule is Cc1ccc(-n2cnc(C#Cc3ccnc(Cl)c3F)c2C)cn1. The summed E-state index contributed by atoms with van der Waals surface area (Å²) in [6.45, 7) is 3.82. The predicted octanol–water partition coefficient (Wildman–Crippen LogP) is 3.47. The fourth-order valence-corrected chi connectivity index (χ4v) is 2.19. The highest BCUT2D eigenvalue weighted by atomic mass is 35.5. The van der Waals surface area contributed by atoms with Gasteiger partial charge in [0, 0.05) is 11.9 Å². The molecule has 0 atom stereocenters. The molecule has 3 aromatic rings. The molecule has 0 spiro atoms. The molecule has 0 aliphatic heterocycles. The van der Waals surface area contributed by atoms with E-state index in [0.29, 0.717) is 5.69 Å². The van der Waals surface area contributed by atoms with Crippen LogP contribution in [0.5, 0.6) is 0 Å². The third kappa shape index (κ3) is 3.08.